The fraction of sp³-hybridized carbons (Fsp3) is 0.444. The Kier molecular flexibility index (Phi) is 5.54. The third-order valence-corrected chi connectivity index (χ3v) is 10.3. The second kappa shape index (κ2) is 8.46. The van der Waals surface area contributed by atoms with Gasteiger partial charge in [0.2, 0.25) is 5.91 Å². The molecule has 10 heteroatoms. The molecular weight excluding hydrogens is 495 g/mol. The summed E-state index contributed by atoms with van der Waals surface area (Å²) in [6.07, 6.45) is 3.35. The van der Waals surface area contributed by atoms with Crippen LogP contribution >= 0.6 is 0 Å². The molecule has 1 amide bonds. The summed E-state index contributed by atoms with van der Waals surface area (Å²) in [5.41, 5.74) is 6.70. The lowest BCUT2D eigenvalue weighted by molar-refractivity contribution is -0.164. The van der Waals surface area contributed by atoms with Crippen LogP contribution in [0.3, 0.4) is 0 Å². The molecule has 2 heterocycles. The monoisotopic (exact) mass is 524 g/mol. The van der Waals surface area contributed by atoms with Crippen LogP contribution in [0.25, 0.3) is 0 Å². The van der Waals surface area contributed by atoms with Crippen molar-refractivity contribution in [1.29, 1.82) is 0 Å². The highest BCUT2D eigenvalue weighted by Crippen LogP contribution is 2.61. The molecule has 0 aromatic heterocycles. The van der Waals surface area contributed by atoms with Crippen molar-refractivity contribution in [2.75, 3.05) is 5.32 Å². The smallest absolute Gasteiger partial charge is 0.286 e. The number of benzene rings is 2. The van der Waals surface area contributed by atoms with Gasteiger partial charge in [-0.2, -0.15) is 8.42 Å². The van der Waals surface area contributed by atoms with Crippen molar-refractivity contribution < 1.29 is 22.4 Å². The minimum absolute atomic E-state index is 0.0269. The number of nitrogens with two attached hydrogens (primary N) is 1. The molecule has 2 aromatic rings. The Morgan fingerprint density at radius 3 is 2.57 bits per heavy atom. The van der Waals surface area contributed by atoms with Gasteiger partial charge in [-0.1, -0.05) is 25.1 Å². The standard InChI is InChI=1S/C27H29FN4O4S/c1-2-27-18-7-6-17(12-18)23(27)24(33)22(26(34)32(27)14-15-3-8-19(28)9-4-15)25-30-20-10-5-16(13-29)11-21(20)37(35,36)31-25/h3-5,8-11,17-18,22-23H,2,6-7,12-14,29H2,1H3,(H,30,31). The van der Waals surface area contributed by atoms with Crippen molar-refractivity contribution in [2.24, 2.45) is 33.8 Å². The van der Waals surface area contributed by atoms with Crippen LogP contribution in [0.1, 0.15) is 43.7 Å². The number of carbonyl (C=O) groups is 2. The van der Waals surface area contributed by atoms with E-state index in [0.29, 0.717) is 12.0 Å². The maximum atomic E-state index is 14.2. The molecule has 2 aromatic carbocycles. The van der Waals surface area contributed by atoms with Gasteiger partial charge in [0, 0.05) is 19.0 Å². The van der Waals surface area contributed by atoms with E-state index in [0.717, 1.165) is 24.8 Å². The number of amides is 1. The van der Waals surface area contributed by atoms with E-state index in [1.54, 1.807) is 29.2 Å². The number of piperidine rings is 1. The summed E-state index contributed by atoms with van der Waals surface area (Å²) >= 11 is 0. The van der Waals surface area contributed by atoms with Gasteiger partial charge in [-0.05, 0) is 72.9 Å². The van der Waals surface area contributed by atoms with Gasteiger partial charge in [0.25, 0.3) is 10.0 Å². The van der Waals surface area contributed by atoms with Crippen molar-refractivity contribution in [1.82, 2.24) is 4.90 Å². The molecule has 37 heavy (non-hydrogen) atoms. The fourth-order valence-corrected chi connectivity index (χ4v) is 8.59. The average Bonchev–Trinajstić information content (AvgIpc) is 3.48. The second-order valence-electron chi connectivity index (χ2n) is 10.6. The van der Waals surface area contributed by atoms with E-state index < -0.39 is 33.3 Å². The van der Waals surface area contributed by atoms with Crippen LogP contribution in [-0.2, 0) is 32.7 Å². The van der Waals surface area contributed by atoms with Gasteiger partial charge in [0.1, 0.15) is 16.5 Å². The lowest BCUT2D eigenvalue weighted by atomic mass is 9.63. The van der Waals surface area contributed by atoms with Crippen molar-refractivity contribution >= 4 is 33.2 Å². The van der Waals surface area contributed by atoms with Crippen LogP contribution in [0.4, 0.5) is 10.1 Å². The summed E-state index contributed by atoms with van der Waals surface area (Å²) in [4.78, 5) is 30.1. The zero-order valence-electron chi connectivity index (χ0n) is 20.5. The highest BCUT2D eigenvalue weighted by Gasteiger charge is 2.68. The number of carbonyl (C=O) groups excluding carboxylic acids is 2. The number of nitrogens with zero attached hydrogens (tertiary/aromatic N) is 2. The zero-order valence-corrected chi connectivity index (χ0v) is 21.3. The third-order valence-electron chi connectivity index (χ3n) is 8.93. The van der Waals surface area contributed by atoms with Crippen molar-refractivity contribution in [3.8, 4) is 0 Å². The van der Waals surface area contributed by atoms with Gasteiger partial charge < -0.3 is 16.0 Å². The second-order valence-corrected chi connectivity index (χ2v) is 12.2. The number of nitrogens with one attached hydrogen (secondary N) is 1. The molecule has 1 saturated heterocycles. The van der Waals surface area contributed by atoms with Crippen molar-refractivity contribution in [3.05, 3.63) is 59.4 Å². The predicted molar refractivity (Wildman–Crippen MR) is 135 cm³/mol. The number of fused-ring (bicyclic) bond motifs is 6. The number of rotatable bonds is 5. The number of ketones is 1. The first-order valence-corrected chi connectivity index (χ1v) is 14.2. The average molecular weight is 525 g/mol. The summed E-state index contributed by atoms with van der Waals surface area (Å²) in [6.45, 7) is 2.39. The molecule has 2 aliphatic carbocycles. The Morgan fingerprint density at radius 2 is 1.86 bits per heavy atom. The van der Waals surface area contributed by atoms with Gasteiger partial charge in [-0.15, -0.1) is 4.40 Å². The van der Waals surface area contributed by atoms with Crippen LogP contribution in [0.5, 0.6) is 0 Å². The number of anilines is 1. The highest BCUT2D eigenvalue weighted by molar-refractivity contribution is 7.90. The molecule has 8 nitrogen and oxygen atoms in total. The van der Waals surface area contributed by atoms with Gasteiger partial charge in [-0.3, -0.25) is 9.59 Å². The van der Waals surface area contributed by atoms with Gasteiger partial charge >= 0.3 is 0 Å². The van der Waals surface area contributed by atoms with Crippen molar-refractivity contribution in [3.63, 3.8) is 0 Å². The summed E-state index contributed by atoms with van der Waals surface area (Å²) in [7, 11) is -4.15. The molecule has 6 rings (SSSR count). The maximum absolute atomic E-state index is 14.2. The molecule has 2 saturated carbocycles. The predicted octanol–water partition coefficient (Wildman–Crippen LogP) is 3.22. The van der Waals surface area contributed by atoms with Gasteiger partial charge in [-0.25, -0.2) is 4.39 Å². The van der Waals surface area contributed by atoms with E-state index in [-0.39, 0.29) is 52.9 Å². The first kappa shape index (κ1) is 24.2. The Balaban J connectivity index is 1.45. The van der Waals surface area contributed by atoms with Crippen molar-refractivity contribution in [2.45, 2.75) is 56.1 Å². The molecule has 5 atom stereocenters. The number of likely N-dealkylation sites (tertiary alicyclic amines) is 1. The molecule has 0 radical (unpaired) electrons. The summed E-state index contributed by atoms with van der Waals surface area (Å²) in [5.74, 6) is -2.63. The summed E-state index contributed by atoms with van der Waals surface area (Å²) in [5, 5.41) is 2.99. The molecule has 3 N–H and O–H groups in total. The summed E-state index contributed by atoms with van der Waals surface area (Å²) < 4.78 is 43.9. The number of hydrogen-bond donors (Lipinski definition) is 2. The minimum atomic E-state index is -4.15. The molecule has 3 fully saturated rings. The lowest BCUT2D eigenvalue weighted by Crippen LogP contribution is -2.68. The van der Waals surface area contributed by atoms with E-state index in [2.05, 4.69) is 9.71 Å². The van der Waals surface area contributed by atoms with E-state index >= 15 is 0 Å². The van der Waals surface area contributed by atoms with Crippen LogP contribution in [0.2, 0.25) is 0 Å². The van der Waals surface area contributed by atoms with E-state index in [4.69, 9.17) is 5.73 Å². The first-order valence-electron chi connectivity index (χ1n) is 12.7. The highest BCUT2D eigenvalue weighted by atomic mass is 32.2. The molecule has 2 aliphatic heterocycles. The SMILES string of the molecule is CCC12C3CCC(C3)C1C(=O)C(C1=NS(=O)(=O)c3cc(CN)ccc3N1)C(=O)N2Cc1ccc(F)cc1. The largest absolute Gasteiger partial charge is 0.341 e. The van der Waals surface area contributed by atoms with E-state index in [9.17, 15) is 22.4 Å². The topological polar surface area (TPSA) is 122 Å². The molecule has 4 aliphatic rings. The van der Waals surface area contributed by atoms with Gasteiger partial charge in [0.05, 0.1) is 11.2 Å². The van der Waals surface area contributed by atoms with Crippen LogP contribution in [0.15, 0.2) is 51.8 Å². The number of sulfonamides is 1. The minimum Gasteiger partial charge on any atom is -0.341 e. The lowest BCUT2D eigenvalue weighted by Gasteiger charge is -2.55. The third kappa shape index (κ3) is 3.49. The molecular formula is C27H29FN4O4S. The Labute approximate surface area is 215 Å². The van der Waals surface area contributed by atoms with Crippen LogP contribution in [0, 0.1) is 29.5 Å². The number of halogens is 1. The Morgan fingerprint density at radius 1 is 1.14 bits per heavy atom. The fourth-order valence-electron chi connectivity index (χ4n) is 7.39. The van der Waals surface area contributed by atoms with Crippen LogP contribution in [-0.4, -0.2) is 36.4 Å². The maximum Gasteiger partial charge on any atom is 0.286 e. The number of hydrogen-bond acceptors (Lipinski definition) is 6. The first-order chi connectivity index (χ1) is 17.7. The quantitative estimate of drug-likeness (QED) is 0.580. The van der Waals surface area contributed by atoms with E-state index in [1.807, 2.05) is 6.92 Å². The molecule has 194 valence electrons. The summed E-state index contributed by atoms with van der Waals surface area (Å²) in [6, 6.07) is 10.8. The molecule has 2 bridgehead atoms. The molecule has 5 unspecified atom stereocenters. The van der Waals surface area contributed by atoms with Crippen LogP contribution < -0.4 is 11.1 Å². The zero-order chi connectivity index (χ0) is 26.1. The van der Waals surface area contributed by atoms with E-state index in [1.165, 1.54) is 18.2 Å². The van der Waals surface area contributed by atoms with Gasteiger partial charge in [0.15, 0.2) is 11.7 Å². The Bertz CT molecular complexity index is 1440. The number of amidine groups is 1. The Hall–Kier alpha value is -3.11. The molecule has 0 spiro atoms. The normalized spacial score (nSPS) is 31.5. The number of Topliss-reactive ketones (excluding diaryl/α,β-unsaturated/α-hetero) is 1.